The Kier molecular flexibility index (Phi) is 3.92. The third-order valence-electron chi connectivity index (χ3n) is 5.91. The summed E-state index contributed by atoms with van der Waals surface area (Å²) in [6, 6.07) is 9.79. The number of anilines is 1. The van der Waals surface area contributed by atoms with Crippen LogP contribution in [0.25, 0.3) is 11.2 Å². The van der Waals surface area contributed by atoms with Gasteiger partial charge in [-0.1, -0.05) is 30.3 Å². The molecule has 4 heterocycles. The van der Waals surface area contributed by atoms with Crippen molar-refractivity contribution in [3.63, 3.8) is 0 Å². The number of fused-ring (bicyclic) bond motifs is 2. The fraction of sp³-hybridized carbons (Fsp3) is 0.421. The zero-order valence-corrected chi connectivity index (χ0v) is 16.6. The highest BCUT2D eigenvalue weighted by Crippen LogP contribution is 2.46. The first-order valence-electron chi connectivity index (χ1n) is 9.32. The summed E-state index contributed by atoms with van der Waals surface area (Å²) in [4.78, 5) is 15.7. The minimum atomic E-state index is -3.28. The molecule has 1 aromatic carbocycles. The molecule has 2 aromatic heterocycles. The van der Waals surface area contributed by atoms with E-state index in [2.05, 4.69) is 14.9 Å². The molecule has 0 radical (unpaired) electrons. The van der Waals surface area contributed by atoms with Gasteiger partial charge in [0.25, 0.3) is 0 Å². The van der Waals surface area contributed by atoms with Crippen LogP contribution in [0.15, 0.2) is 42.9 Å². The number of hydrogen-bond donors (Lipinski definition) is 0. The van der Waals surface area contributed by atoms with Crippen molar-refractivity contribution in [2.75, 3.05) is 30.8 Å². The minimum Gasteiger partial charge on any atom is -0.340 e. The number of rotatable bonds is 3. The van der Waals surface area contributed by atoms with E-state index in [1.807, 2.05) is 41.9 Å². The summed E-state index contributed by atoms with van der Waals surface area (Å²) in [6.45, 7) is 2.02. The molecule has 8 nitrogen and oxygen atoms in total. The van der Waals surface area contributed by atoms with Gasteiger partial charge >= 0.3 is 0 Å². The van der Waals surface area contributed by atoms with Crippen molar-refractivity contribution in [2.45, 2.75) is 6.04 Å². The lowest BCUT2D eigenvalue weighted by Crippen LogP contribution is -2.35. The van der Waals surface area contributed by atoms with Crippen LogP contribution >= 0.6 is 0 Å². The van der Waals surface area contributed by atoms with E-state index in [9.17, 15) is 8.42 Å². The summed E-state index contributed by atoms with van der Waals surface area (Å²) >= 11 is 0. The Morgan fingerprint density at radius 2 is 1.86 bits per heavy atom. The van der Waals surface area contributed by atoms with Crippen LogP contribution in [0.5, 0.6) is 0 Å². The molecule has 2 fully saturated rings. The molecular formula is C19H22N6O2S. The van der Waals surface area contributed by atoms with Crippen molar-refractivity contribution in [1.82, 2.24) is 23.8 Å². The van der Waals surface area contributed by atoms with Gasteiger partial charge in [-0.15, -0.1) is 0 Å². The van der Waals surface area contributed by atoms with E-state index in [0.717, 1.165) is 29.8 Å². The maximum atomic E-state index is 12.4. The quantitative estimate of drug-likeness (QED) is 0.664. The van der Waals surface area contributed by atoms with Gasteiger partial charge in [0.05, 0.1) is 24.8 Å². The van der Waals surface area contributed by atoms with Crippen LogP contribution in [0.1, 0.15) is 11.6 Å². The number of aryl methyl sites for hydroxylation is 1. The number of nitrogens with zero attached hydrogens (tertiary/aromatic N) is 6. The predicted octanol–water partition coefficient (Wildman–Crippen LogP) is 1.43. The fourth-order valence-electron chi connectivity index (χ4n) is 4.64. The Hall–Kier alpha value is -2.52. The van der Waals surface area contributed by atoms with Crippen LogP contribution in [-0.2, 0) is 17.1 Å². The number of benzene rings is 1. The highest BCUT2D eigenvalue weighted by molar-refractivity contribution is 7.88. The first kappa shape index (κ1) is 17.6. The number of sulfonamides is 1. The van der Waals surface area contributed by atoms with Gasteiger partial charge in [-0.2, -0.15) is 9.29 Å². The predicted molar refractivity (Wildman–Crippen MR) is 106 cm³/mol. The molecule has 5 rings (SSSR count). The van der Waals surface area contributed by atoms with Crippen molar-refractivity contribution >= 4 is 27.1 Å². The van der Waals surface area contributed by atoms with E-state index in [1.54, 1.807) is 16.8 Å². The van der Waals surface area contributed by atoms with Gasteiger partial charge in [-0.05, 0) is 11.5 Å². The highest BCUT2D eigenvalue weighted by atomic mass is 32.2. The molecule has 0 spiro atoms. The normalized spacial score (nSPS) is 25.5. The van der Waals surface area contributed by atoms with Crippen LogP contribution in [0.3, 0.4) is 0 Å². The Balaban J connectivity index is 1.48. The molecule has 2 aliphatic heterocycles. The van der Waals surface area contributed by atoms with E-state index >= 15 is 0 Å². The van der Waals surface area contributed by atoms with Gasteiger partial charge in [0, 0.05) is 32.6 Å². The van der Waals surface area contributed by atoms with Crippen molar-refractivity contribution in [1.29, 1.82) is 0 Å². The molecule has 0 aliphatic carbocycles. The summed E-state index contributed by atoms with van der Waals surface area (Å²) in [7, 11) is -1.36. The summed E-state index contributed by atoms with van der Waals surface area (Å²) < 4.78 is 28.4. The van der Waals surface area contributed by atoms with E-state index in [1.165, 1.54) is 6.26 Å². The third kappa shape index (κ3) is 2.77. The second-order valence-corrected chi connectivity index (χ2v) is 9.69. The molecule has 3 aromatic rings. The molecule has 2 saturated heterocycles. The molecule has 28 heavy (non-hydrogen) atoms. The van der Waals surface area contributed by atoms with Crippen LogP contribution in [0.4, 0.5) is 5.95 Å². The average Bonchev–Trinajstić information content (AvgIpc) is 3.34. The first-order chi connectivity index (χ1) is 13.4. The number of aromatic nitrogens is 4. The summed E-state index contributed by atoms with van der Waals surface area (Å²) in [6.07, 6.45) is 4.79. The number of imidazole rings is 1. The molecule has 0 saturated carbocycles. The van der Waals surface area contributed by atoms with Crippen molar-refractivity contribution in [2.24, 2.45) is 18.9 Å². The maximum absolute atomic E-state index is 12.4. The highest BCUT2D eigenvalue weighted by Gasteiger charge is 2.50. The molecule has 2 aliphatic rings. The standard InChI is InChI=1S/C19H22N6O2S/c1-23-12-21-16-8-20-19(22-18(16)23)24-9-14-10-25(28(2,26)27)17(15(14)11-24)13-6-4-3-5-7-13/h3-8,12,14-15,17H,9-11H2,1-2H3/t14-,15-,17+/m1/s1. The second-order valence-electron chi connectivity index (χ2n) is 7.75. The second kappa shape index (κ2) is 6.25. The zero-order chi connectivity index (χ0) is 19.5. The molecule has 9 heteroatoms. The maximum Gasteiger partial charge on any atom is 0.227 e. The molecule has 0 unspecified atom stereocenters. The molecule has 3 atom stereocenters. The largest absolute Gasteiger partial charge is 0.340 e. The number of hydrogen-bond acceptors (Lipinski definition) is 6. The molecular weight excluding hydrogens is 376 g/mol. The van der Waals surface area contributed by atoms with Crippen molar-refractivity contribution in [3.05, 3.63) is 48.4 Å². The van der Waals surface area contributed by atoms with Gasteiger partial charge in [-0.3, -0.25) is 0 Å². The Morgan fingerprint density at radius 3 is 2.61 bits per heavy atom. The monoisotopic (exact) mass is 398 g/mol. The molecule has 0 bridgehead atoms. The third-order valence-corrected chi connectivity index (χ3v) is 7.14. The van der Waals surface area contributed by atoms with Gasteiger partial charge in [0.2, 0.25) is 16.0 Å². The van der Waals surface area contributed by atoms with Crippen LogP contribution in [-0.4, -0.2) is 58.1 Å². The Labute approximate surface area is 163 Å². The lowest BCUT2D eigenvalue weighted by atomic mass is 9.90. The van der Waals surface area contributed by atoms with Crippen LogP contribution in [0, 0.1) is 11.8 Å². The SMILES string of the molecule is Cn1cnc2cnc(N3C[C@@H]4CN(S(C)(=O)=O)[C@@H](c5ccccc5)[C@@H]4C3)nc21. The molecule has 146 valence electrons. The minimum absolute atomic E-state index is 0.147. The van der Waals surface area contributed by atoms with E-state index in [-0.39, 0.29) is 17.9 Å². The molecule has 0 amide bonds. The van der Waals surface area contributed by atoms with Crippen molar-refractivity contribution in [3.8, 4) is 0 Å². The summed E-state index contributed by atoms with van der Waals surface area (Å²) in [5.74, 6) is 1.15. The van der Waals surface area contributed by atoms with Gasteiger partial charge in [0.1, 0.15) is 5.52 Å². The van der Waals surface area contributed by atoms with E-state index in [0.29, 0.717) is 12.5 Å². The summed E-state index contributed by atoms with van der Waals surface area (Å²) in [5.41, 5.74) is 2.63. The Bertz CT molecular complexity index is 1130. The first-order valence-corrected chi connectivity index (χ1v) is 11.2. The van der Waals surface area contributed by atoms with Crippen molar-refractivity contribution < 1.29 is 8.42 Å². The van der Waals surface area contributed by atoms with Crippen LogP contribution in [0.2, 0.25) is 0 Å². The smallest absolute Gasteiger partial charge is 0.227 e. The van der Waals surface area contributed by atoms with Gasteiger partial charge < -0.3 is 9.47 Å². The van der Waals surface area contributed by atoms with Crippen LogP contribution < -0.4 is 4.90 Å². The summed E-state index contributed by atoms with van der Waals surface area (Å²) in [5, 5.41) is 0. The van der Waals surface area contributed by atoms with E-state index < -0.39 is 10.0 Å². The lowest BCUT2D eigenvalue weighted by molar-refractivity contribution is 0.352. The zero-order valence-electron chi connectivity index (χ0n) is 15.8. The molecule has 0 N–H and O–H groups in total. The topological polar surface area (TPSA) is 84.2 Å². The lowest BCUT2D eigenvalue weighted by Gasteiger charge is -2.28. The van der Waals surface area contributed by atoms with E-state index in [4.69, 9.17) is 4.98 Å². The van der Waals surface area contributed by atoms with Gasteiger partial charge in [-0.25, -0.2) is 18.4 Å². The average molecular weight is 398 g/mol. The van der Waals surface area contributed by atoms with Gasteiger partial charge in [0.15, 0.2) is 5.65 Å². The fourth-order valence-corrected chi connectivity index (χ4v) is 5.79. The Morgan fingerprint density at radius 1 is 1.07 bits per heavy atom.